The van der Waals surface area contributed by atoms with Gasteiger partial charge in [0.05, 0.1) is 29.5 Å². The summed E-state index contributed by atoms with van der Waals surface area (Å²) in [5.74, 6) is 0.664. The summed E-state index contributed by atoms with van der Waals surface area (Å²) in [6, 6.07) is 26.4. The van der Waals surface area contributed by atoms with Crippen molar-refractivity contribution < 1.29 is 19.0 Å². The van der Waals surface area contributed by atoms with E-state index in [1.54, 1.807) is 36.8 Å². The predicted octanol–water partition coefficient (Wildman–Crippen LogP) is 6.97. The fraction of sp³-hybridized carbons (Fsp3) is 0.216. The Morgan fingerprint density at radius 1 is 1.02 bits per heavy atom. The lowest BCUT2D eigenvalue weighted by molar-refractivity contribution is -0.139. The van der Waals surface area contributed by atoms with Crippen molar-refractivity contribution in [1.82, 2.24) is 4.57 Å². The molecule has 1 aliphatic heterocycles. The summed E-state index contributed by atoms with van der Waals surface area (Å²) in [5, 5.41) is 2.77. The van der Waals surface area contributed by atoms with Crippen molar-refractivity contribution in [2.45, 2.75) is 39.3 Å². The van der Waals surface area contributed by atoms with Gasteiger partial charge in [-0.1, -0.05) is 90.9 Å². The van der Waals surface area contributed by atoms with E-state index in [0.29, 0.717) is 55.7 Å². The van der Waals surface area contributed by atoms with Gasteiger partial charge in [0.1, 0.15) is 24.1 Å². The third-order valence-corrected chi connectivity index (χ3v) is 9.03. The molecule has 46 heavy (non-hydrogen) atoms. The fourth-order valence-corrected chi connectivity index (χ4v) is 6.96. The van der Waals surface area contributed by atoms with Crippen molar-refractivity contribution in [3.8, 4) is 11.5 Å². The second kappa shape index (κ2) is 13.8. The predicted molar refractivity (Wildman–Crippen MR) is 182 cm³/mol. The minimum absolute atomic E-state index is 0.185. The van der Waals surface area contributed by atoms with Crippen LogP contribution in [0.5, 0.6) is 11.5 Å². The van der Waals surface area contributed by atoms with Crippen LogP contribution in [-0.2, 0) is 16.1 Å². The molecule has 9 heteroatoms. The number of halogens is 1. The zero-order chi connectivity index (χ0) is 32.2. The number of aromatic nitrogens is 1. The van der Waals surface area contributed by atoms with Crippen LogP contribution >= 0.6 is 22.9 Å². The highest BCUT2D eigenvalue weighted by Crippen LogP contribution is 2.38. The average molecular weight is 653 g/mol. The van der Waals surface area contributed by atoms with Crippen LogP contribution in [0.4, 0.5) is 0 Å². The van der Waals surface area contributed by atoms with E-state index >= 15 is 0 Å². The van der Waals surface area contributed by atoms with Crippen LogP contribution in [0.1, 0.15) is 49.4 Å². The summed E-state index contributed by atoms with van der Waals surface area (Å²) < 4.78 is 19.4. The van der Waals surface area contributed by atoms with E-state index < -0.39 is 12.0 Å². The molecule has 0 saturated heterocycles. The zero-order valence-electron chi connectivity index (χ0n) is 25.8. The molecule has 0 bridgehead atoms. The molecule has 0 fully saturated rings. The zero-order valence-corrected chi connectivity index (χ0v) is 27.4. The highest BCUT2D eigenvalue weighted by Gasteiger charge is 2.36. The Morgan fingerprint density at radius 2 is 1.83 bits per heavy atom. The number of rotatable bonds is 10. The summed E-state index contributed by atoms with van der Waals surface area (Å²) in [6.45, 7) is 4.36. The first-order valence-electron chi connectivity index (χ1n) is 15.2. The van der Waals surface area contributed by atoms with Crippen LogP contribution in [0.25, 0.3) is 16.8 Å². The topological polar surface area (TPSA) is 79.1 Å². The SMILES string of the molecule is CCCC1=C(C(=O)OCC)[C@@H](c2cc(Cl)ccc2OC)n2c(s/c(=C/c3cccc(OCc4cccc5ccccc45)c3)c2=O)=N1. The molecule has 2 heterocycles. The summed E-state index contributed by atoms with van der Waals surface area (Å²) in [5.41, 5.74) is 3.09. The molecular weight excluding hydrogens is 620 g/mol. The number of nitrogens with zero attached hydrogens (tertiary/aromatic N) is 2. The molecule has 0 radical (unpaired) electrons. The van der Waals surface area contributed by atoms with Gasteiger partial charge in [-0.3, -0.25) is 9.36 Å². The molecule has 0 unspecified atom stereocenters. The van der Waals surface area contributed by atoms with Crippen molar-refractivity contribution in [2.24, 2.45) is 4.99 Å². The third-order valence-electron chi connectivity index (χ3n) is 7.81. The van der Waals surface area contributed by atoms with E-state index in [0.717, 1.165) is 28.3 Å². The first kappa shape index (κ1) is 31.3. The second-order valence-electron chi connectivity index (χ2n) is 10.8. The number of ether oxygens (including phenoxy) is 3. The van der Waals surface area contributed by atoms with Gasteiger partial charge in [0, 0.05) is 10.6 Å². The van der Waals surface area contributed by atoms with Crippen LogP contribution < -0.4 is 24.4 Å². The molecule has 0 amide bonds. The number of allylic oxidation sites excluding steroid dienone is 1. The van der Waals surface area contributed by atoms with Gasteiger partial charge in [-0.2, -0.15) is 0 Å². The number of benzene rings is 4. The number of esters is 1. The van der Waals surface area contributed by atoms with Gasteiger partial charge in [0.25, 0.3) is 5.56 Å². The van der Waals surface area contributed by atoms with Crippen molar-refractivity contribution in [2.75, 3.05) is 13.7 Å². The van der Waals surface area contributed by atoms with E-state index in [2.05, 4.69) is 24.3 Å². The quantitative estimate of drug-likeness (QED) is 0.152. The van der Waals surface area contributed by atoms with Crippen molar-refractivity contribution in [3.63, 3.8) is 0 Å². The largest absolute Gasteiger partial charge is 0.496 e. The van der Waals surface area contributed by atoms with Crippen LogP contribution in [-0.4, -0.2) is 24.3 Å². The normalized spacial score (nSPS) is 14.6. The maximum Gasteiger partial charge on any atom is 0.338 e. The Labute approximate surface area is 275 Å². The maximum absolute atomic E-state index is 14.2. The van der Waals surface area contributed by atoms with Crippen LogP contribution in [0, 0.1) is 0 Å². The van der Waals surface area contributed by atoms with Gasteiger partial charge < -0.3 is 14.2 Å². The number of fused-ring (bicyclic) bond motifs is 2. The molecule has 7 nitrogen and oxygen atoms in total. The molecule has 0 N–H and O–H groups in total. The van der Waals surface area contributed by atoms with Gasteiger partial charge in [-0.15, -0.1) is 0 Å². The van der Waals surface area contributed by atoms with Crippen LogP contribution in [0.2, 0.25) is 5.02 Å². The highest BCUT2D eigenvalue weighted by atomic mass is 35.5. The van der Waals surface area contributed by atoms with E-state index in [1.165, 1.54) is 11.3 Å². The smallest absolute Gasteiger partial charge is 0.338 e. The first-order valence-corrected chi connectivity index (χ1v) is 16.4. The molecule has 0 aliphatic carbocycles. The molecular formula is C37H33ClN2O5S. The summed E-state index contributed by atoms with van der Waals surface area (Å²) in [6.07, 6.45) is 3.12. The van der Waals surface area contributed by atoms with E-state index in [-0.39, 0.29) is 12.2 Å². The minimum atomic E-state index is -0.831. The number of hydrogen-bond acceptors (Lipinski definition) is 7. The van der Waals surface area contributed by atoms with Gasteiger partial charge >= 0.3 is 5.97 Å². The number of thiazole rings is 1. The van der Waals surface area contributed by atoms with Gasteiger partial charge in [-0.05, 0) is 71.7 Å². The number of carbonyl (C=O) groups is 1. The van der Waals surface area contributed by atoms with Crippen LogP contribution in [0.15, 0.2) is 106 Å². The van der Waals surface area contributed by atoms with Crippen molar-refractivity contribution in [1.29, 1.82) is 0 Å². The van der Waals surface area contributed by atoms with E-state index in [9.17, 15) is 9.59 Å². The Morgan fingerprint density at radius 3 is 2.63 bits per heavy atom. The third kappa shape index (κ3) is 6.23. The lowest BCUT2D eigenvalue weighted by atomic mass is 9.93. The van der Waals surface area contributed by atoms with Crippen LogP contribution in [0.3, 0.4) is 0 Å². The van der Waals surface area contributed by atoms with Crippen molar-refractivity contribution >= 4 is 45.8 Å². The highest BCUT2D eigenvalue weighted by molar-refractivity contribution is 7.07. The summed E-state index contributed by atoms with van der Waals surface area (Å²) in [4.78, 5) is 33.0. The Hall–Kier alpha value is -4.66. The van der Waals surface area contributed by atoms with Gasteiger partial charge in [0.15, 0.2) is 4.80 Å². The molecule has 4 aromatic carbocycles. The summed E-state index contributed by atoms with van der Waals surface area (Å²) in [7, 11) is 1.55. The first-order chi connectivity index (χ1) is 22.4. The lowest BCUT2D eigenvalue weighted by Gasteiger charge is -2.27. The molecule has 234 valence electrons. The Kier molecular flexibility index (Phi) is 9.38. The monoisotopic (exact) mass is 652 g/mol. The number of hydrogen-bond donors (Lipinski definition) is 0. The lowest BCUT2D eigenvalue weighted by Crippen LogP contribution is -2.40. The fourth-order valence-electron chi connectivity index (χ4n) is 5.76. The van der Waals surface area contributed by atoms with E-state index in [4.69, 9.17) is 30.8 Å². The number of methoxy groups -OCH3 is 1. The molecule has 1 atom stereocenters. The Balaban J connectivity index is 1.43. The standard InChI is InChI=1S/C37H33ClN2O5S/c1-4-10-30-33(36(42)44-5-2)34(29-21-26(38)17-18-31(29)43-3)40-35(41)32(46-37(40)39-30)20-23-11-8-15-27(19-23)45-22-25-14-9-13-24-12-6-7-16-28(24)25/h6-9,11-21,34H,4-5,10,22H2,1-3H3/b32-20+/t34-/m1/s1. The molecule has 1 aliphatic rings. The summed E-state index contributed by atoms with van der Waals surface area (Å²) >= 11 is 7.73. The average Bonchev–Trinajstić information content (AvgIpc) is 3.37. The van der Waals surface area contributed by atoms with Crippen molar-refractivity contribution in [3.05, 3.63) is 138 Å². The molecule has 1 aromatic heterocycles. The maximum atomic E-state index is 14.2. The van der Waals surface area contributed by atoms with Gasteiger partial charge in [0.2, 0.25) is 0 Å². The molecule has 5 aromatic rings. The molecule has 0 spiro atoms. The minimum Gasteiger partial charge on any atom is -0.496 e. The Bertz CT molecular complexity index is 2140. The van der Waals surface area contributed by atoms with E-state index in [1.807, 2.05) is 55.5 Å². The number of carbonyl (C=O) groups excluding carboxylic acids is 1. The van der Waals surface area contributed by atoms with Gasteiger partial charge in [-0.25, -0.2) is 9.79 Å². The molecule has 6 rings (SSSR count). The molecule has 0 saturated carbocycles. The second-order valence-corrected chi connectivity index (χ2v) is 12.2.